The van der Waals surface area contributed by atoms with Gasteiger partial charge in [0.15, 0.2) is 0 Å². The summed E-state index contributed by atoms with van der Waals surface area (Å²) in [6, 6.07) is 20.9. The molecule has 2 fully saturated rings. The summed E-state index contributed by atoms with van der Waals surface area (Å²) in [6.45, 7) is -0.0262. The third-order valence-corrected chi connectivity index (χ3v) is 7.76. The molecule has 9 heteroatoms. The van der Waals surface area contributed by atoms with Crippen LogP contribution in [-0.4, -0.2) is 40.6 Å². The zero-order chi connectivity index (χ0) is 28.3. The Labute approximate surface area is 232 Å². The second kappa shape index (κ2) is 11.5. The van der Waals surface area contributed by atoms with E-state index in [0.29, 0.717) is 29.2 Å². The Morgan fingerprint density at radius 2 is 1.80 bits per heavy atom. The van der Waals surface area contributed by atoms with Crippen LogP contribution in [0.25, 0.3) is 0 Å². The fraction of sp³-hybridized carbons (Fsp3) is 0.323. The number of hydrogen-bond acceptors (Lipinski definition) is 5. The number of aliphatic hydroxyl groups excluding tert-OH is 1. The minimum absolute atomic E-state index is 0.0262. The van der Waals surface area contributed by atoms with Crippen molar-refractivity contribution in [1.82, 2.24) is 4.90 Å². The lowest BCUT2D eigenvalue weighted by molar-refractivity contribution is -0.119. The van der Waals surface area contributed by atoms with Gasteiger partial charge in [-0.25, -0.2) is 9.18 Å². The van der Waals surface area contributed by atoms with Crippen LogP contribution in [0.4, 0.5) is 20.6 Å². The summed E-state index contributed by atoms with van der Waals surface area (Å²) in [5.41, 5.74) is 8.32. The summed E-state index contributed by atoms with van der Waals surface area (Å²) in [4.78, 5) is 27.5. The third-order valence-electron chi connectivity index (χ3n) is 7.76. The predicted molar refractivity (Wildman–Crippen MR) is 150 cm³/mol. The summed E-state index contributed by atoms with van der Waals surface area (Å²) in [6.07, 6.45) is 2.92. The van der Waals surface area contributed by atoms with Gasteiger partial charge in [0.05, 0.1) is 29.0 Å². The Hall–Kier alpha value is -4.26. The van der Waals surface area contributed by atoms with Gasteiger partial charge in [-0.3, -0.25) is 4.79 Å². The lowest BCUT2D eigenvalue weighted by Gasteiger charge is -2.32. The highest BCUT2D eigenvalue weighted by Gasteiger charge is 2.40. The number of nitrogens with zero attached hydrogens (tertiary/aromatic N) is 2. The second-order valence-corrected chi connectivity index (χ2v) is 10.7. The molecule has 1 aliphatic carbocycles. The number of para-hydroxylation sites is 1. The maximum atomic E-state index is 15.0. The molecular formula is C31H32FN5O3. The minimum atomic E-state index is -1.01. The van der Waals surface area contributed by atoms with Gasteiger partial charge in [-0.15, -0.1) is 0 Å². The molecule has 1 saturated heterocycles. The molecule has 1 heterocycles. The van der Waals surface area contributed by atoms with Crippen molar-refractivity contribution in [2.45, 2.75) is 49.8 Å². The Kier molecular flexibility index (Phi) is 7.83. The Balaban J connectivity index is 1.39. The maximum Gasteiger partial charge on any atom is 0.322 e. The van der Waals surface area contributed by atoms with Crippen LogP contribution in [0.15, 0.2) is 72.8 Å². The van der Waals surface area contributed by atoms with Crippen LogP contribution in [-0.2, 0) is 10.3 Å². The molecule has 3 aromatic carbocycles. The van der Waals surface area contributed by atoms with E-state index in [-0.39, 0.29) is 18.7 Å². The van der Waals surface area contributed by atoms with E-state index in [4.69, 9.17) is 5.73 Å². The number of nitriles is 1. The zero-order valence-corrected chi connectivity index (χ0v) is 22.0. The molecule has 2 aliphatic rings. The van der Waals surface area contributed by atoms with E-state index in [1.54, 1.807) is 48.5 Å². The number of β-amino-alcohol motifs (C(OH)–C–C–N with tert-alkyl or cyclic N) is 1. The number of likely N-dealkylation sites (tertiary alicyclic amines) is 1. The van der Waals surface area contributed by atoms with Gasteiger partial charge in [0.1, 0.15) is 11.9 Å². The van der Waals surface area contributed by atoms with E-state index >= 15 is 4.39 Å². The highest BCUT2D eigenvalue weighted by Crippen LogP contribution is 2.40. The van der Waals surface area contributed by atoms with Crippen molar-refractivity contribution in [1.29, 1.82) is 5.26 Å². The first-order valence-corrected chi connectivity index (χ1v) is 13.5. The minimum Gasteiger partial charge on any atom is -0.391 e. The molecule has 3 amide bonds. The summed E-state index contributed by atoms with van der Waals surface area (Å²) in [7, 11) is 0. The molecule has 8 nitrogen and oxygen atoms in total. The van der Waals surface area contributed by atoms with Gasteiger partial charge >= 0.3 is 6.03 Å². The molecule has 1 aliphatic heterocycles. The van der Waals surface area contributed by atoms with Crippen LogP contribution < -0.4 is 16.4 Å². The van der Waals surface area contributed by atoms with Crippen LogP contribution in [0.1, 0.15) is 48.8 Å². The monoisotopic (exact) mass is 541 g/mol. The van der Waals surface area contributed by atoms with Crippen molar-refractivity contribution in [2.24, 2.45) is 11.7 Å². The number of amides is 3. The fourth-order valence-corrected chi connectivity index (χ4v) is 5.28. The van der Waals surface area contributed by atoms with Gasteiger partial charge in [-0.2, -0.15) is 5.26 Å². The molecule has 3 atom stereocenters. The largest absolute Gasteiger partial charge is 0.391 e. The molecule has 1 saturated carbocycles. The normalized spacial score (nSPS) is 19.9. The van der Waals surface area contributed by atoms with Gasteiger partial charge in [0.25, 0.3) is 0 Å². The van der Waals surface area contributed by atoms with Gasteiger partial charge in [-0.1, -0.05) is 49.2 Å². The van der Waals surface area contributed by atoms with Gasteiger partial charge in [-0.05, 0) is 66.3 Å². The van der Waals surface area contributed by atoms with Crippen molar-refractivity contribution in [3.05, 3.63) is 95.3 Å². The first kappa shape index (κ1) is 27.3. The number of benzene rings is 3. The van der Waals surface area contributed by atoms with Crippen LogP contribution in [0, 0.1) is 23.1 Å². The number of halogens is 1. The van der Waals surface area contributed by atoms with Crippen LogP contribution in [0.2, 0.25) is 0 Å². The number of carbonyl (C=O) groups is 2. The molecule has 3 aromatic rings. The number of nitrogens with two attached hydrogens (primary N) is 1. The molecule has 3 unspecified atom stereocenters. The van der Waals surface area contributed by atoms with Crippen molar-refractivity contribution in [3.8, 4) is 6.07 Å². The van der Waals surface area contributed by atoms with E-state index in [2.05, 4.69) is 16.7 Å². The highest BCUT2D eigenvalue weighted by molar-refractivity contribution is 5.99. The number of anilines is 2. The topological polar surface area (TPSA) is 131 Å². The second-order valence-electron chi connectivity index (χ2n) is 10.7. The number of carbonyl (C=O) groups excluding carboxylic acids is 2. The van der Waals surface area contributed by atoms with Gasteiger partial charge in [0.2, 0.25) is 5.91 Å². The number of urea groups is 1. The van der Waals surface area contributed by atoms with Gasteiger partial charge in [0, 0.05) is 18.7 Å². The molecule has 0 aromatic heterocycles. The van der Waals surface area contributed by atoms with E-state index in [1.165, 1.54) is 17.0 Å². The van der Waals surface area contributed by atoms with Crippen LogP contribution in [0.5, 0.6) is 0 Å². The van der Waals surface area contributed by atoms with Crippen molar-refractivity contribution >= 4 is 23.3 Å². The predicted octanol–water partition coefficient (Wildman–Crippen LogP) is 4.70. The first-order valence-electron chi connectivity index (χ1n) is 13.5. The number of rotatable bonds is 8. The van der Waals surface area contributed by atoms with Crippen LogP contribution in [0.3, 0.4) is 0 Å². The average molecular weight is 542 g/mol. The number of aliphatic hydroxyl groups is 1. The zero-order valence-electron chi connectivity index (χ0n) is 22.0. The molecular weight excluding hydrogens is 509 g/mol. The Morgan fingerprint density at radius 1 is 1.05 bits per heavy atom. The highest BCUT2D eigenvalue weighted by atomic mass is 19.1. The molecule has 40 heavy (non-hydrogen) atoms. The number of nitrogens with one attached hydrogen (secondary N) is 2. The molecule has 206 valence electrons. The third kappa shape index (κ3) is 5.98. The summed E-state index contributed by atoms with van der Waals surface area (Å²) in [5.74, 6) is -0.655. The lowest BCUT2D eigenvalue weighted by atomic mass is 9.79. The summed E-state index contributed by atoms with van der Waals surface area (Å²) >= 11 is 0. The van der Waals surface area contributed by atoms with E-state index in [9.17, 15) is 20.0 Å². The first-order chi connectivity index (χ1) is 19.3. The van der Waals surface area contributed by atoms with Crippen molar-refractivity contribution < 1.29 is 19.1 Å². The molecule has 0 bridgehead atoms. The van der Waals surface area contributed by atoms with Crippen molar-refractivity contribution in [2.75, 3.05) is 17.2 Å². The Morgan fingerprint density at radius 3 is 2.52 bits per heavy atom. The lowest BCUT2D eigenvalue weighted by Crippen LogP contribution is -2.45. The van der Waals surface area contributed by atoms with Gasteiger partial charge < -0.3 is 26.4 Å². The summed E-state index contributed by atoms with van der Waals surface area (Å²) < 4.78 is 15.0. The average Bonchev–Trinajstić information content (AvgIpc) is 3.72. The quantitative estimate of drug-likeness (QED) is 0.328. The smallest absolute Gasteiger partial charge is 0.322 e. The molecule has 5 N–H and O–H groups in total. The molecule has 0 radical (unpaired) electrons. The maximum absolute atomic E-state index is 15.0. The van der Waals surface area contributed by atoms with E-state index in [1.807, 2.05) is 12.1 Å². The van der Waals surface area contributed by atoms with Crippen molar-refractivity contribution in [3.63, 3.8) is 0 Å². The number of hydrogen-bond donors (Lipinski definition) is 4. The standard InChI is InChI=1S/C31H32FN5O3/c32-26-12-11-23(31(34,14-13-20-9-10-20)22-6-4-5-21(15-22)18-33)16-27(26)36-29(39)28-17-25(38)19-37(28)30(40)35-24-7-2-1-3-8-24/h1-8,11-12,15-16,20,25,28,38H,9-10,13-14,17,19,34H2,(H,35,40)(H,36,39). The van der Waals surface area contributed by atoms with E-state index in [0.717, 1.165) is 24.8 Å². The SMILES string of the molecule is N#Cc1cccc(C(N)(CCC2CC2)c2ccc(F)c(NC(=O)C3CC(O)CN3C(=O)Nc3ccccc3)c2)c1. The Bertz CT molecular complexity index is 1440. The molecule has 0 spiro atoms. The summed E-state index contributed by atoms with van der Waals surface area (Å²) in [5, 5.41) is 25.1. The van der Waals surface area contributed by atoms with Crippen LogP contribution >= 0.6 is 0 Å². The molecule has 5 rings (SSSR count). The van der Waals surface area contributed by atoms with E-state index < -0.39 is 35.4 Å². The fourth-order valence-electron chi connectivity index (χ4n) is 5.28.